The van der Waals surface area contributed by atoms with E-state index in [0.29, 0.717) is 17.7 Å². The Bertz CT molecular complexity index is 778. The minimum Gasteiger partial charge on any atom is -0.560 e. The van der Waals surface area contributed by atoms with Gasteiger partial charge in [0.15, 0.2) is 0 Å². The molecular weight excluding hydrogens is 367 g/mol. The van der Waals surface area contributed by atoms with Crippen LogP contribution in [0.1, 0.15) is 42.6 Å². The number of carbonyl (C=O) groups is 3. The summed E-state index contributed by atoms with van der Waals surface area (Å²) in [5, 5.41) is 11.3. The Hall–Kier alpha value is -3.22. The van der Waals surface area contributed by atoms with E-state index in [1.165, 1.54) is 20.5 Å². The highest BCUT2D eigenvalue weighted by molar-refractivity contribution is 6.32. The van der Waals surface area contributed by atoms with E-state index < -0.39 is 18.4 Å². The summed E-state index contributed by atoms with van der Waals surface area (Å²) in [6.07, 6.45) is -1.40. The Kier molecular flexibility index (Phi) is 7.69. The second-order valence-corrected chi connectivity index (χ2v) is 5.86. The van der Waals surface area contributed by atoms with Crippen LogP contribution >= 0.6 is 0 Å². The van der Waals surface area contributed by atoms with Gasteiger partial charge < -0.3 is 24.2 Å². The lowest BCUT2D eigenvalue weighted by molar-refractivity contribution is -0.121. The molecule has 1 N–H and O–H groups in total. The van der Waals surface area contributed by atoms with Crippen LogP contribution in [0, 0.1) is 11.3 Å². The maximum Gasteiger partial charge on any atom is 0.511 e. The molecule has 1 aliphatic rings. The van der Waals surface area contributed by atoms with Crippen LogP contribution < -0.4 is 9.97 Å². The van der Waals surface area contributed by atoms with Gasteiger partial charge in [-0.25, -0.2) is 9.59 Å². The van der Waals surface area contributed by atoms with Crippen molar-refractivity contribution >= 4 is 25.5 Å². The molecule has 0 aromatic heterocycles. The number of fused-ring (bicyclic) bond motifs is 1. The summed E-state index contributed by atoms with van der Waals surface area (Å²) in [4.78, 5) is 35.4. The number of benzene rings is 1. The first-order valence-corrected chi connectivity index (χ1v) is 8.77. The highest BCUT2D eigenvalue weighted by Crippen LogP contribution is 2.29. The molecule has 147 valence electrons. The smallest absolute Gasteiger partial charge is 0.511 e. The van der Waals surface area contributed by atoms with E-state index >= 15 is 0 Å². The summed E-state index contributed by atoms with van der Waals surface area (Å²) >= 11 is 0. The minimum absolute atomic E-state index is 0.110. The minimum atomic E-state index is -1.14. The maximum absolute atomic E-state index is 12.4. The normalized spacial score (nSPS) is 15.5. The van der Waals surface area contributed by atoms with E-state index in [1.54, 1.807) is 19.1 Å². The van der Waals surface area contributed by atoms with E-state index in [-0.39, 0.29) is 36.9 Å². The number of carbonyl (C=O) groups excluding carboxylic acids is 3. The van der Waals surface area contributed by atoms with Crippen LogP contribution in [0.3, 0.4) is 0 Å². The van der Waals surface area contributed by atoms with Gasteiger partial charge in [0, 0.05) is 25.7 Å². The Morgan fingerprint density at radius 1 is 1.39 bits per heavy atom. The average Bonchev–Trinajstić information content (AvgIpc) is 2.65. The van der Waals surface area contributed by atoms with Gasteiger partial charge in [0.05, 0.1) is 12.7 Å². The quantitative estimate of drug-likeness (QED) is 0.426. The Morgan fingerprint density at radius 3 is 2.89 bits per heavy atom. The van der Waals surface area contributed by atoms with Gasteiger partial charge in [0.1, 0.15) is 11.3 Å². The zero-order valence-electron chi connectivity index (χ0n) is 15.6. The number of amides is 1. The van der Waals surface area contributed by atoms with Gasteiger partial charge >= 0.3 is 19.6 Å². The maximum atomic E-state index is 12.4. The van der Waals surface area contributed by atoms with Crippen molar-refractivity contribution in [2.75, 3.05) is 6.61 Å². The van der Waals surface area contributed by atoms with Gasteiger partial charge in [-0.1, -0.05) is 12.1 Å². The fraction of sp³-hybridized carbons (Fsp3) is 0.444. The molecule has 1 aromatic rings. The summed E-state index contributed by atoms with van der Waals surface area (Å²) in [5.74, 6) is -1.04. The Morgan fingerprint density at radius 2 is 2.18 bits per heavy atom. The second-order valence-electron chi connectivity index (χ2n) is 5.86. The van der Waals surface area contributed by atoms with E-state index in [9.17, 15) is 14.4 Å². The van der Waals surface area contributed by atoms with E-state index in [1.807, 2.05) is 6.07 Å². The molecule has 1 radical (unpaired) electrons. The standard InChI is InChI=1S/C18H20BN2O7/c1-3-25-18(24)27-11(2)26-17(23)13-7-4-6-12-10-14(19-28-16(12)13)21-15(22)8-5-9-20/h4,6-7,11,14H,3,5,8,10H2,1-2H3,(H,21,22). The molecule has 1 heterocycles. The van der Waals surface area contributed by atoms with Crippen molar-refractivity contribution in [1.82, 2.24) is 5.32 Å². The van der Waals surface area contributed by atoms with Crippen LogP contribution in [0.15, 0.2) is 18.2 Å². The van der Waals surface area contributed by atoms with Crippen molar-refractivity contribution in [2.45, 2.75) is 45.3 Å². The number of esters is 1. The third-order valence-electron chi connectivity index (χ3n) is 3.71. The topological polar surface area (TPSA) is 124 Å². The van der Waals surface area contributed by atoms with Gasteiger partial charge in [-0.15, -0.1) is 0 Å². The lowest BCUT2D eigenvalue weighted by Gasteiger charge is -2.26. The molecule has 2 unspecified atom stereocenters. The summed E-state index contributed by atoms with van der Waals surface area (Å²) in [6, 6.07) is 6.87. The fourth-order valence-electron chi connectivity index (χ4n) is 2.54. The molecule has 10 heteroatoms. The van der Waals surface area contributed by atoms with Gasteiger partial charge in [-0.2, -0.15) is 5.26 Å². The van der Waals surface area contributed by atoms with Crippen molar-refractivity contribution in [1.29, 1.82) is 5.26 Å². The zero-order valence-corrected chi connectivity index (χ0v) is 15.6. The van der Waals surface area contributed by atoms with Crippen LogP contribution in [-0.2, 0) is 25.4 Å². The summed E-state index contributed by atoms with van der Waals surface area (Å²) in [6.45, 7) is 3.16. The first kappa shape index (κ1) is 21.1. The molecule has 0 saturated heterocycles. The molecule has 0 saturated carbocycles. The number of hydrogen-bond acceptors (Lipinski definition) is 8. The number of nitriles is 1. The number of nitrogens with one attached hydrogen (secondary N) is 1. The van der Waals surface area contributed by atoms with Gasteiger partial charge in [-0.3, -0.25) is 4.79 Å². The van der Waals surface area contributed by atoms with Crippen LogP contribution in [-0.4, -0.2) is 44.4 Å². The van der Waals surface area contributed by atoms with Crippen LogP contribution in [0.4, 0.5) is 4.79 Å². The lowest BCUT2D eigenvalue weighted by atomic mass is 9.79. The Balaban J connectivity index is 1.99. The molecule has 1 amide bonds. The van der Waals surface area contributed by atoms with Crippen molar-refractivity contribution in [2.24, 2.45) is 0 Å². The Labute approximate surface area is 163 Å². The molecule has 2 atom stereocenters. The number of hydrogen-bond donors (Lipinski definition) is 1. The summed E-state index contributed by atoms with van der Waals surface area (Å²) < 4.78 is 20.1. The largest absolute Gasteiger partial charge is 0.560 e. The van der Waals surface area contributed by atoms with Gasteiger partial charge in [0.25, 0.3) is 0 Å². The monoisotopic (exact) mass is 387 g/mol. The second kappa shape index (κ2) is 10.2. The molecule has 9 nitrogen and oxygen atoms in total. The SMILES string of the molecule is CCOC(=O)OC(C)OC(=O)c1cccc2c1O[B]C(NC(=O)CCC#N)C2. The predicted molar refractivity (Wildman–Crippen MR) is 96.3 cm³/mol. The van der Waals surface area contributed by atoms with E-state index in [2.05, 4.69) is 10.1 Å². The molecule has 28 heavy (non-hydrogen) atoms. The zero-order chi connectivity index (χ0) is 20.5. The highest BCUT2D eigenvalue weighted by Gasteiger charge is 2.28. The van der Waals surface area contributed by atoms with Crippen molar-refractivity contribution in [3.05, 3.63) is 29.3 Å². The van der Waals surface area contributed by atoms with Crippen molar-refractivity contribution < 1.29 is 33.2 Å². The molecule has 0 fully saturated rings. The molecule has 1 aromatic carbocycles. The van der Waals surface area contributed by atoms with Gasteiger partial charge in [-0.05, 0) is 25.0 Å². The number of ether oxygens (including phenoxy) is 3. The first-order valence-electron chi connectivity index (χ1n) is 8.77. The molecular formula is C18H20BN2O7. The molecule has 2 rings (SSSR count). The fourth-order valence-corrected chi connectivity index (χ4v) is 2.54. The highest BCUT2D eigenvalue weighted by atomic mass is 16.8. The summed E-state index contributed by atoms with van der Waals surface area (Å²) in [7, 11) is 1.42. The van der Waals surface area contributed by atoms with Crippen LogP contribution in [0.25, 0.3) is 0 Å². The van der Waals surface area contributed by atoms with E-state index in [4.69, 9.17) is 19.4 Å². The van der Waals surface area contributed by atoms with Crippen molar-refractivity contribution in [3.63, 3.8) is 0 Å². The van der Waals surface area contributed by atoms with Crippen LogP contribution in [0.2, 0.25) is 0 Å². The van der Waals surface area contributed by atoms with Crippen molar-refractivity contribution in [3.8, 4) is 11.8 Å². The molecule has 0 spiro atoms. The number of nitrogens with zero attached hydrogens (tertiary/aromatic N) is 1. The molecule has 1 aliphatic heterocycles. The molecule has 0 aliphatic carbocycles. The number of rotatable bonds is 7. The predicted octanol–water partition coefficient (Wildman–Crippen LogP) is 1.66. The van der Waals surface area contributed by atoms with E-state index in [0.717, 1.165) is 0 Å². The number of para-hydroxylation sites is 1. The summed E-state index contributed by atoms with van der Waals surface area (Å²) in [5.41, 5.74) is 0.879. The molecule has 0 bridgehead atoms. The average molecular weight is 387 g/mol. The third-order valence-corrected chi connectivity index (χ3v) is 3.71. The first-order chi connectivity index (χ1) is 13.4. The third kappa shape index (κ3) is 5.91. The van der Waals surface area contributed by atoms with Gasteiger partial charge in [0.2, 0.25) is 12.2 Å². The lowest BCUT2D eigenvalue weighted by Crippen LogP contribution is -2.45. The van der Waals surface area contributed by atoms with Crippen LogP contribution in [0.5, 0.6) is 5.75 Å².